The van der Waals surface area contributed by atoms with Gasteiger partial charge in [0.05, 0.1) is 11.7 Å². The average Bonchev–Trinajstić information content (AvgIpc) is 2.41. The Hall–Kier alpha value is -1.37. The molecule has 1 aliphatic heterocycles. The molecule has 1 fully saturated rings. The maximum atomic E-state index is 10.5. The largest absolute Gasteiger partial charge is 0.385 e. The van der Waals surface area contributed by atoms with Gasteiger partial charge in [-0.3, -0.25) is 0 Å². The summed E-state index contributed by atoms with van der Waals surface area (Å²) in [5, 5.41) is 19.2. The molecule has 0 bridgehead atoms. The summed E-state index contributed by atoms with van der Waals surface area (Å²) in [5.74, 6) is 0. The third-order valence-electron chi connectivity index (χ3n) is 3.04. The lowest BCUT2D eigenvalue weighted by Crippen LogP contribution is -2.43. The molecule has 0 aliphatic carbocycles. The molecule has 3 heteroatoms. The van der Waals surface area contributed by atoms with Crippen LogP contribution in [-0.2, 0) is 0 Å². The number of nitriles is 1. The van der Waals surface area contributed by atoms with Crippen molar-refractivity contribution >= 4 is 0 Å². The summed E-state index contributed by atoms with van der Waals surface area (Å²) in [4.78, 5) is 2.17. The predicted octanol–water partition coefficient (Wildman–Crippen LogP) is 2.66. The zero-order chi connectivity index (χ0) is 14.2. The summed E-state index contributed by atoms with van der Waals surface area (Å²) in [6, 6.07) is 1.95. The van der Waals surface area contributed by atoms with Crippen LogP contribution in [0.3, 0.4) is 0 Å². The van der Waals surface area contributed by atoms with E-state index < -0.39 is 5.60 Å². The van der Waals surface area contributed by atoms with E-state index in [-0.39, 0.29) is 0 Å². The highest BCUT2D eigenvalue weighted by atomic mass is 16.3. The van der Waals surface area contributed by atoms with Crippen LogP contribution in [0.2, 0.25) is 0 Å². The highest BCUT2D eigenvalue weighted by Crippen LogP contribution is 2.30. The first kappa shape index (κ1) is 16.6. The lowest BCUT2D eigenvalue weighted by molar-refractivity contribution is 0.0192. The van der Waals surface area contributed by atoms with Gasteiger partial charge in [0.25, 0.3) is 0 Å². The fourth-order valence-corrected chi connectivity index (χ4v) is 1.88. The van der Waals surface area contributed by atoms with Gasteiger partial charge in [0.2, 0.25) is 0 Å². The van der Waals surface area contributed by atoms with Crippen LogP contribution < -0.4 is 0 Å². The number of hydrogen-bond acceptors (Lipinski definition) is 3. The lowest BCUT2D eigenvalue weighted by Gasteiger charge is -2.37. The molecule has 1 heterocycles. The van der Waals surface area contributed by atoms with Crippen LogP contribution in [0.1, 0.15) is 26.7 Å². The highest BCUT2D eigenvalue weighted by molar-refractivity contribution is 5.40. The fraction of sp³-hybridized carbons (Fsp3) is 0.533. The summed E-state index contributed by atoms with van der Waals surface area (Å²) >= 11 is 0. The highest BCUT2D eigenvalue weighted by Gasteiger charge is 2.33. The first-order chi connectivity index (χ1) is 8.51. The van der Waals surface area contributed by atoms with Crippen LogP contribution in [0.25, 0.3) is 0 Å². The van der Waals surface area contributed by atoms with Crippen molar-refractivity contribution in [3.05, 3.63) is 36.5 Å². The minimum atomic E-state index is -0.853. The number of piperidine rings is 1. The fourth-order valence-electron chi connectivity index (χ4n) is 1.88. The zero-order valence-electron chi connectivity index (χ0n) is 11.7. The summed E-state index contributed by atoms with van der Waals surface area (Å²) in [5.41, 5.74) is 0.197. The standard InChI is InChI=1S/C13H18N2O.C2H6/c1-4-12(9-11(2)10-14)13(16)5-7-15(3)8-6-13;1-2/h4,9,16H,1-2,5-8H2,3H3;1-2H3/b12-9+;. The van der Waals surface area contributed by atoms with Gasteiger partial charge in [0.15, 0.2) is 0 Å². The molecule has 1 aliphatic rings. The van der Waals surface area contributed by atoms with E-state index in [0.717, 1.165) is 13.1 Å². The van der Waals surface area contributed by atoms with Gasteiger partial charge in [0, 0.05) is 18.7 Å². The van der Waals surface area contributed by atoms with Crippen LogP contribution in [0.4, 0.5) is 0 Å². The average molecular weight is 248 g/mol. The molecule has 0 unspecified atom stereocenters. The molecule has 1 rings (SSSR count). The van der Waals surface area contributed by atoms with Gasteiger partial charge in [-0.05, 0) is 31.5 Å². The molecule has 0 radical (unpaired) electrons. The molecule has 0 saturated carbocycles. The quantitative estimate of drug-likeness (QED) is 0.617. The zero-order valence-corrected chi connectivity index (χ0v) is 11.7. The molecule has 100 valence electrons. The van der Waals surface area contributed by atoms with E-state index in [1.165, 1.54) is 0 Å². The molecule has 0 aromatic heterocycles. The van der Waals surface area contributed by atoms with Crippen molar-refractivity contribution in [3.63, 3.8) is 0 Å². The molecular formula is C15H24N2O. The minimum absolute atomic E-state index is 0.349. The lowest BCUT2D eigenvalue weighted by atomic mass is 9.83. The number of nitrogens with zero attached hydrogens (tertiary/aromatic N) is 2. The Bertz CT molecular complexity index is 355. The van der Waals surface area contributed by atoms with Crippen molar-refractivity contribution < 1.29 is 5.11 Å². The van der Waals surface area contributed by atoms with Crippen LogP contribution in [0.5, 0.6) is 0 Å². The third-order valence-corrected chi connectivity index (χ3v) is 3.04. The van der Waals surface area contributed by atoms with E-state index in [1.807, 2.05) is 27.0 Å². The van der Waals surface area contributed by atoms with Gasteiger partial charge < -0.3 is 10.0 Å². The molecule has 1 N–H and O–H groups in total. The molecule has 0 aromatic rings. The molecule has 0 spiro atoms. The topological polar surface area (TPSA) is 47.3 Å². The molecule has 0 aromatic carbocycles. The molecule has 0 amide bonds. The molecule has 0 atom stereocenters. The van der Waals surface area contributed by atoms with E-state index >= 15 is 0 Å². The van der Waals surface area contributed by atoms with E-state index in [9.17, 15) is 5.11 Å². The monoisotopic (exact) mass is 248 g/mol. The van der Waals surface area contributed by atoms with Gasteiger partial charge in [-0.2, -0.15) is 5.26 Å². The Kier molecular flexibility index (Phi) is 7.26. The normalized spacial score (nSPS) is 19.2. The van der Waals surface area contributed by atoms with Gasteiger partial charge in [-0.25, -0.2) is 0 Å². The maximum absolute atomic E-state index is 10.5. The first-order valence-corrected chi connectivity index (χ1v) is 6.36. The van der Waals surface area contributed by atoms with Gasteiger partial charge in [0.1, 0.15) is 0 Å². The first-order valence-electron chi connectivity index (χ1n) is 6.36. The molecule has 3 nitrogen and oxygen atoms in total. The second kappa shape index (κ2) is 7.86. The van der Waals surface area contributed by atoms with Crippen LogP contribution >= 0.6 is 0 Å². The van der Waals surface area contributed by atoms with Crippen molar-refractivity contribution in [1.82, 2.24) is 4.90 Å². The van der Waals surface area contributed by atoms with Gasteiger partial charge >= 0.3 is 0 Å². The molecular weight excluding hydrogens is 224 g/mol. The number of aliphatic hydroxyl groups is 1. The second-order valence-corrected chi connectivity index (χ2v) is 4.28. The van der Waals surface area contributed by atoms with Crippen molar-refractivity contribution in [3.8, 4) is 6.07 Å². The van der Waals surface area contributed by atoms with Crippen molar-refractivity contribution in [2.24, 2.45) is 0 Å². The predicted molar refractivity (Wildman–Crippen MR) is 76.1 cm³/mol. The summed E-state index contributed by atoms with van der Waals surface area (Å²) in [7, 11) is 2.03. The van der Waals surface area contributed by atoms with Crippen LogP contribution in [0, 0.1) is 11.3 Å². The van der Waals surface area contributed by atoms with Crippen LogP contribution in [-0.4, -0.2) is 35.7 Å². The van der Waals surface area contributed by atoms with Gasteiger partial charge in [-0.1, -0.05) is 33.1 Å². The summed E-state index contributed by atoms with van der Waals surface area (Å²) < 4.78 is 0. The van der Waals surface area contributed by atoms with E-state index in [4.69, 9.17) is 5.26 Å². The molecule has 18 heavy (non-hydrogen) atoms. The SMILES string of the molecule is C=C/C(=C\C(=C)C#N)C1(O)CCN(C)CC1.CC. The Balaban J connectivity index is 0.00000137. The van der Waals surface area contributed by atoms with Crippen LogP contribution in [0.15, 0.2) is 36.5 Å². The van der Waals surface area contributed by atoms with Crippen molar-refractivity contribution in [2.45, 2.75) is 32.3 Å². The van der Waals surface area contributed by atoms with E-state index in [2.05, 4.69) is 18.1 Å². The van der Waals surface area contributed by atoms with E-state index in [1.54, 1.807) is 12.2 Å². The Morgan fingerprint density at radius 1 is 1.39 bits per heavy atom. The smallest absolute Gasteiger partial charge is 0.0985 e. The minimum Gasteiger partial charge on any atom is -0.385 e. The Labute approximate surface area is 111 Å². The van der Waals surface area contributed by atoms with E-state index in [0.29, 0.717) is 24.0 Å². The third kappa shape index (κ3) is 4.48. The van der Waals surface area contributed by atoms with Gasteiger partial charge in [-0.15, -0.1) is 0 Å². The second-order valence-electron chi connectivity index (χ2n) is 4.28. The Morgan fingerprint density at radius 3 is 2.28 bits per heavy atom. The van der Waals surface area contributed by atoms with Crippen molar-refractivity contribution in [2.75, 3.05) is 20.1 Å². The summed E-state index contributed by atoms with van der Waals surface area (Å²) in [6.45, 7) is 13.0. The molecule has 1 saturated heterocycles. The maximum Gasteiger partial charge on any atom is 0.0985 e. The number of likely N-dealkylation sites (tertiary alicyclic amines) is 1. The number of allylic oxidation sites excluding steroid dienone is 2. The number of hydrogen-bond donors (Lipinski definition) is 1. The number of rotatable bonds is 3. The Morgan fingerprint density at radius 2 is 1.89 bits per heavy atom. The summed E-state index contributed by atoms with van der Waals surface area (Å²) in [6.07, 6.45) is 4.58. The van der Waals surface area contributed by atoms with Crippen molar-refractivity contribution in [1.29, 1.82) is 5.26 Å².